The van der Waals surface area contributed by atoms with Crippen molar-refractivity contribution >= 4 is 15.9 Å². The quantitative estimate of drug-likeness (QED) is 0.709. The van der Waals surface area contributed by atoms with Gasteiger partial charge in [-0.05, 0) is 32.1 Å². The lowest BCUT2D eigenvalue weighted by Crippen LogP contribution is -2.45. The zero-order chi connectivity index (χ0) is 16.0. The van der Waals surface area contributed by atoms with Crippen LogP contribution in [0.4, 0.5) is 0 Å². The minimum atomic E-state index is -3.20. The molecule has 0 radical (unpaired) electrons. The van der Waals surface area contributed by atoms with Crippen molar-refractivity contribution in [2.75, 3.05) is 32.5 Å². The predicted molar refractivity (Wildman–Crippen MR) is 85.0 cm³/mol. The average Bonchev–Trinajstić information content (AvgIpc) is 2.99. The molecule has 2 fully saturated rings. The van der Waals surface area contributed by atoms with Crippen molar-refractivity contribution in [3.63, 3.8) is 0 Å². The molecule has 0 bridgehead atoms. The minimum absolute atomic E-state index is 0.0331. The third kappa shape index (κ3) is 5.52. The van der Waals surface area contributed by atoms with Crippen LogP contribution in [0.5, 0.6) is 0 Å². The summed E-state index contributed by atoms with van der Waals surface area (Å²) in [5.74, 6) is -0.256. The molecule has 2 rings (SSSR count). The van der Waals surface area contributed by atoms with Gasteiger partial charge >= 0.3 is 0 Å². The van der Waals surface area contributed by atoms with Gasteiger partial charge in [0.15, 0.2) is 0 Å². The summed E-state index contributed by atoms with van der Waals surface area (Å²) in [5, 5.41) is 2.91. The number of carbonyl (C=O) groups is 1. The standard InChI is InChI=1S/C15H28N2O4S/c1-22(19,20)17-10-4-6-13(12-17)15(18)16-9-5-11-21-14-7-2-3-8-14/h13-14H,2-12H2,1H3,(H,16,18)/t13-/m0/s1. The van der Waals surface area contributed by atoms with Gasteiger partial charge in [-0.1, -0.05) is 12.8 Å². The first kappa shape index (κ1) is 17.7. The molecule has 1 aliphatic carbocycles. The van der Waals surface area contributed by atoms with E-state index in [4.69, 9.17) is 4.74 Å². The Balaban J connectivity index is 1.62. The summed E-state index contributed by atoms with van der Waals surface area (Å²) in [6.45, 7) is 2.12. The van der Waals surface area contributed by atoms with E-state index in [1.807, 2.05) is 0 Å². The van der Waals surface area contributed by atoms with Gasteiger partial charge in [-0.2, -0.15) is 0 Å². The van der Waals surface area contributed by atoms with Gasteiger partial charge in [0, 0.05) is 26.2 Å². The monoisotopic (exact) mass is 332 g/mol. The molecule has 1 heterocycles. The van der Waals surface area contributed by atoms with Crippen molar-refractivity contribution in [3.05, 3.63) is 0 Å². The number of ether oxygens (including phenoxy) is 1. The van der Waals surface area contributed by atoms with E-state index >= 15 is 0 Å². The smallest absolute Gasteiger partial charge is 0.224 e. The Morgan fingerprint density at radius 1 is 1.23 bits per heavy atom. The van der Waals surface area contributed by atoms with Gasteiger partial charge < -0.3 is 10.1 Å². The average molecular weight is 332 g/mol. The van der Waals surface area contributed by atoms with Gasteiger partial charge in [-0.15, -0.1) is 0 Å². The van der Waals surface area contributed by atoms with Crippen molar-refractivity contribution < 1.29 is 17.9 Å². The molecule has 0 aromatic heterocycles. The van der Waals surface area contributed by atoms with Crippen LogP contribution in [0.15, 0.2) is 0 Å². The van der Waals surface area contributed by atoms with E-state index < -0.39 is 10.0 Å². The molecule has 1 atom stereocenters. The maximum Gasteiger partial charge on any atom is 0.224 e. The predicted octanol–water partition coefficient (Wildman–Crippen LogP) is 1.12. The van der Waals surface area contributed by atoms with Crippen LogP contribution in [0, 0.1) is 5.92 Å². The highest BCUT2D eigenvalue weighted by Crippen LogP contribution is 2.21. The number of nitrogens with zero attached hydrogens (tertiary/aromatic N) is 1. The number of piperidine rings is 1. The molecule has 1 saturated carbocycles. The molecule has 0 aromatic rings. The fourth-order valence-electron chi connectivity index (χ4n) is 3.19. The molecule has 1 saturated heterocycles. The first-order valence-electron chi connectivity index (χ1n) is 8.31. The van der Waals surface area contributed by atoms with E-state index in [-0.39, 0.29) is 11.8 Å². The summed E-state index contributed by atoms with van der Waals surface area (Å²) in [6.07, 6.45) is 8.79. The lowest BCUT2D eigenvalue weighted by molar-refractivity contribution is -0.126. The molecule has 1 N–H and O–H groups in total. The lowest BCUT2D eigenvalue weighted by atomic mass is 9.99. The van der Waals surface area contributed by atoms with Gasteiger partial charge in [-0.3, -0.25) is 4.79 Å². The fourth-order valence-corrected chi connectivity index (χ4v) is 4.10. The van der Waals surface area contributed by atoms with Crippen LogP contribution in [0.25, 0.3) is 0 Å². The molecule has 0 unspecified atom stereocenters. The third-order valence-electron chi connectivity index (χ3n) is 4.50. The number of hydrogen-bond donors (Lipinski definition) is 1. The second-order valence-electron chi connectivity index (χ2n) is 6.38. The Labute approximate surface area is 133 Å². The van der Waals surface area contributed by atoms with E-state index in [0.717, 1.165) is 32.1 Å². The van der Waals surface area contributed by atoms with Crippen molar-refractivity contribution in [2.24, 2.45) is 5.92 Å². The number of rotatable bonds is 7. The molecular formula is C15H28N2O4S. The summed E-state index contributed by atoms with van der Waals surface area (Å²) in [6, 6.07) is 0. The van der Waals surface area contributed by atoms with E-state index in [2.05, 4.69) is 5.32 Å². The second kappa shape index (κ2) is 8.26. The molecule has 0 spiro atoms. The van der Waals surface area contributed by atoms with E-state index in [1.54, 1.807) is 0 Å². The van der Waals surface area contributed by atoms with Crippen LogP contribution < -0.4 is 5.32 Å². The molecule has 22 heavy (non-hydrogen) atoms. The molecule has 1 aliphatic heterocycles. The van der Waals surface area contributed by atoms with E-state index in [9.17, 15) is 13.2 Å². The van der Waals surface area contributed by atoms with Gasteiger partial charge in [-0.25, -0.2) is 12.7 Å². The summed E-state index contributed by atoms with van der Waals surface area (Å²) < 4.78 is 30.3. The Bertz CT molecular complexity index is 460. The molecule has 6 nitrogen and oxygen atoms in total. The molecule has 128 valence electrons. The highest BCUT2D eigenvalue weighted by Gasteiger charge is 2.29. The van der Waals surface area contributed by atoms with Crippen LogP contribution in [0.3, 0.4) is 0 Å². The van der Waals surface area contributed by atoms with Crippen LogP contribution >= 0.6 is 0 Å². The largest absolute Gasteiger partial charge is 0.378 e. The molecule has 7 heteroatoms. The maximum absolute atomic E-state index is 12.1. The highest BCUT2D eigenvalue weighted by molar-refractivity contribution is 7.88. The summed E-state index contributed by atoms with van der Waals surface area (Å²) in [5.41, 5.74) is 0. The summed E-state index contributed by atoms with van der Waals surface area (Å²) in [7, 11) is -3.20. The van der Waals surface area contributed by atoms with Crippen molar-refractivity contribution in [1.82, 2.24) is 9.62 Å². The number of sulfonamides is 1. The van der Waals surface area contributed by atoms with E-state index in [0.29, 0.717) is 32.3 Å². The van der Waals surface area contributed by atoms with Crippen molar-refractivity contribution in [1.29, 1.82) is 0 Å². The number of hydrogen-bond acceptors (Lipinski definition) is 4. The van der Waals surface area contributed by atoms with Gasteiger partial charge in [0.2, 0.25) is 15.9 Å². The Hall–Kier alpha value is -0.660. The summed E-state index contributed by atoms with van der Waals surface area (Å²) >= 11 is 0. The van der Waals surface area contributed by atoms with Gasteiger partial charge in [0.1, 0.15) is 0 Å². The van der Waals surface area contributed by atoms with Crippen molar-refractivity contribution in [3.8, 4) is 0 Å². The maximum atomic E-state index is 12.1. The van der Waals surface area contributed by atoms with Crippen molar-refractivity contribution in [2.45, 2.75) is 51.0 Å². The van der Waals surface area contributed by atoms with Crippen LogP contribution in [-0.4, -0.2) is 57.2 Å². The Kier molecular flexibility index (Phi) is 6.65. The summed E-state index contributed by atoms with van der Waals surface area (Å²) in [4.78, 5) is 12.1. The first-order valence-corrected chi connectivity index (χ1v) is 10.2. The number of carbonyl (C=O) groups excluding carboxylic acids is 1. The SMILES string of the molecule is CS(=O)(=O)N1CCC[C@H](C(=O)NCCCOC2CCCC2)C1. The molecule has 2 aliphatic rings. The minimum Gasteiger partial charge on any atom is -0.378 e. The molecule has 0 aromatic carbocycles. The Morgan fingerprint density at radius 2 is 1.95 bits per heavy atom. The van der Waals surface area contributed by atoms with Gasteiger partial charge in [0.25, 0.3) is 0 Å². The third-order valence-corrected chi connectivity index (χ3v) is 5.77. The number of amides is 1. The lowest BCUT2D eigenvalue weighted by Gasteiger charge is -2.30. The topological polar surface area (TPSA) is 75.7 Å². The second-order valence-corrected chi connectivity index (χ2v) is 8.36. The molecule has 1 amide bonds. The zero-order valence-electron chi connectivity index (χ0n) is 13.4. The normalized spacial score (nSPS) is 24.5. The highest BCUT2D eigenvalue weighted by atomic mass is 32.2. The van der Waals surface area contributed by atoms with E-state index in [1.165, 1.54) is 23.4 Å². The fraction of sp³-hybridized carbons (Fsp3) is 0.933. The first-order chi connectivity index (χ1) is 10.5. The van der Waals surface area contributed by atoms with Crippen LogP contribution in [-0.2, 0) is 19.6 Å². The number of nitrogens with one attached hydrogen (secondary N) is 1. The van der Waals surface area contributed by atoms with Crippen LogP contribution in [0.2, 0.25) is 0 Å². The Morgan fingerprint density at radius 3 is 2.64 bits per heavy atom. The molecular weight excluding hydrogens is 304 g/mol. The van der Waals surface area contributed by atoms with Gasteiger partial charge in [0.05, 0.1) is 18.3 Å². The zero-order valence-corrected chi connectivity index (χ0v) is 14.2. The van der Waals surface area contributed by atoms with Crippen LogP contribution in [0.1, 0.15) is 44.9 Å².